The van der Waals surface area contributed by atoms with Gasteiger partial charge in [-0.1, -0.05) is 12.1 Å². The number of carbonyl (C=O) groups is 3. The van der Waals surface area contributed by atoms with Crippen LogP contribution >= 0.6 is 0 Å². The fraction of sp³-hybridized carbons (Fsp3) is 0.308. The second-order valence-corrected chi connectivity index (χ2v) is 4.06. The molecule has 0 spiro atoms. The number of halogens is 1. The van der Waals surface area contributed by atoms with E-state index in [1.807, 2.05) is 0 Å². The van der Waals surface area contributed by atoms with E-state index in [9.17, 15) is 18.8 Å². The first-order valence-corrected chi connectivity index (χ1v) is 5.89. The summed E-state index contributed by atoms with van der Waals surface area (Å²) in [4.78, 5) is 34.2. The Balaban J connectivity index is 2.85. The van der Waals surface area contributed by atoms with Crippen LogP contribution in [0.5, 0.6) is 0 Å². The summed E-state index contributed by atoms with van der Waals surface area (Å²) in [7, 11) is 0. The van der Waals surface area contributed by atoms with Crippen LogP contribution in [-0.2, 0) is 9.59 Å². The van der Waals surface area contributed by atoms with Gasteiger partial charge >= 0.3 is 11.9 Å². The lowest BCUT2D eigenvalue weighted by Crippen LogP contribution is -2.35. The molecule has 6 nitrogen and oxygen atoms in total. The van der Waals surface area contributed by atoms with Gasteiger partial charge in [-0.15, -0.1) is 0 Å². The molecule has 0 saturated heterocycles. The van der Waals surface area contributed by atoms with E-state index in [0.717, 1.165) is 11.0 Å². The van der Waals surface area contributed by atoms with E-state index >= 15 is 0 Å². The van der Waals surface area contributed by atoms with Crippen molar-refractivity contribution in [1.82, 2.24) is 4.90 Å². The van der Waals surface area contributed by atoms with E-state index < -0.39 is 23.7 Å². The molecule has 1 aromatic carbocycles. The van der Waals surface area contributed by atoms with Crippen molar-refractivity contribution in [3.63, 3.8) is 0 Å². The third kappa shape index (κ3) is 4.68. The Bertz CT molecular complexity index is 499. The highest BCUT2D eigenvalue weighted by atomic mass is 19.1. The van der Waals surface area contributed by atoms with Crippen LogP contribution < -0.4 is 0 Å². The number of hydrogen-bond acceptors (Lipinski definition) is 3. The fourth-order valence-electron chi connectivity index (χ4n) is 1.58. The Hall–Kier alpha value is -2.44. The number of rotatable bonds is 7. The van der Waals surface area contributed by atoms with Crippen LogP contribution in [0.4, 0.5) is 4.39 Å². The molecule has 20 heavy (non-hydrogen) atoms. The number of amides is 1. The number of carboxylic acids is 2. The largest absolute Gasteiger partial charge is 0.481 e. The van der Waals surface area contributed by atoms with E-state index in [-0.39, 0.29) is 31.5 Å². The zero-order valence-corrected chi connectivity index (χ0v) is 10.6. The molecule has 108 valence electrons. The third-order valence-electron chi connectivity index (χ3n) is 2.58. The summed E-state index contributed by atoms with van der Waals surface area (Å²) in [6.45, 7) is -0.342. The first kappa shape index (κ1) is 15.6. The van der Waals surface area contributed by atoms with Gasteiger partial charge in [0.15, 0.2) is 0 Å². The van der Waals surface area contributed by atoms with E-state index in [1.165, 1.54) is 18.2 Å². The van der Waals surface area contributed by atoms with Crippen molar-refractivity contribution >= 4 is 17.8 Å². The summed E-state index contributed by atoms with van der Waals surface area (Å²) in [5.74, 6) is -3.68. The lowest BCUT2D eigenvalue weighted by molar-refractivity contribution is -0.137. The molecule has 0 aromatic heterocycles. The van der Waals surface area contributed by atoms with Gasteiger partial charge in [0.2, 0.25) is 0 Å². The Morgan fingerprint density at radius 1 is 1.00 bits per heavy atom. The minimum absolute atomic E-state index is 0.171. The maximum atomic E-state index is 13.5. The summed E-state index contributed by atoms with van der Waals surface area (Å²) in [6.07, 6.45) is -0.667. The van der Waals surface area contributed by atoms with Crippen LogP contribution in [0.3, 0.4) is 0 Å². The molecule has 0 heterocycles. The van der Waals surface area contributed by atoms with Crippen molar-refractivity contribution in [2.75, 3.05) is 13.1 Å². The molecule has 0 bridgehead atoms. The third-order valence-corrected chi connectivity index (χ3v) is 2.58. The van der Waals surface area contributed by atoms with Crippen LogP contribution in [-0.4, -0.2) is 46.0 Å². The lowest BCUT2D eigenvalue weighted by atomic mass is 10.1. The number of aliphatic carboxylic acids is 2. The molecule has 1 amide bonds. The fourth-order valence-corrected chi connectivity index (χ4v) is 1.58. The highest BCUT2D eigenvalue weighted by molar-refractivity contribution is 5.94. The van der Waals surface area contributed by atoms with Gasteiger partial charge in [-0.05, 0) is 12.1 Å². The predicted molar refractivity (Wildman–Crippen MR) is 66.8 cm³/mol. The Kier molecular flexibility index (Phi) is 5.64. The van der Waals surface area contributed by atoms with Gasteiger partial charge in [-0.3, -0.25) is 14.4 Å². The summed E-state index contributed by atoms with van der Waals surface area (Å²) < 4.78 is 13.5. The van der Waals surface area contributed by atoms with E-state index in [4.69, 9.17) is 10.2 Å². The van der Waals surface area contributed by atoms with Crippen molar-refractivity contribution in [3.05, 3.63) is 35.6 Å². The zero-order chi connectivity index (χ0) is 15.1. The van der Waals surface area contributed by atoms with Gasteiger partial charge in [0.25, 0.3) is 5.91 Å². The van der Waals surface area contributed by atoms with Gasteiger partial charge in [0, 0.05) is 13.1 Å². The Morgan fingerprint density at radius 3 is 1.95 bits per heavy atom. The maximum absolute atomic E-state index is 13.5. The molecule has 7 heteroatoms. The predicted octanol–water partition coefficient (Wildman–Crippen LogP) is 1.22. The maximum Gasteiger partial charge on any atom is 0.305 e. The van der Waals surface area contributed by atoms with Crippen LogP contribution in [0.2, 0.25) is 0 Å². The molecule has 0 aliphatic carbocycles. The van der Waals surface area contributed by atoms with Gasteiger partial charge in [-0.25, -0.2) is 4.39 Å². The average molecular weight is 283 g/mol. The first-order valence-electron chi connectivity index (χ1n) is 5.89. The van der Waals surface area contributed by atoms with Crippen molar-refractivity contribution < 1.29 is 29.0 Å². The van der Waals surface area contributed by atoms with Gasteiger partial charge in [-0.2, -0.15) is 0 Å². The molecular weight excluding hydrogens is 269 g/mol. The molecular formula is C13H14FNO5. The number of nitrogens with zero attached hydrogens (tertiary/aromatic N) is 1. The molecule has 1 aromatic rings. The van der Waals surface area contributed by atoms with Crippen LogP contribution in [0.25, 0.3) is 0 Å². The summed E-state index contributed by atoms with van der Waals surface area (Å²) in [6, 6.07) is 5.28. The van der Waals surface area contributed by atoms with Gasteiger partial charge < -0.3 is 15.1 Å². The number of benzene rings is 1. The zero-order valence-electron chi connectivity index (χ0n) is 10.6. The molecule has 0 radical (unpaired) electrons. The van der Waals surface area contributed by atoms with E-state index in [0.29, 0.717) is 0 Å². The average Bonchev–Trinajstić information content (AvgIpc) is 2.38. The molecule has 0 aliphatic heterocycles. The van der Waals surface area contributed by atoms with Gasteiger partial charge in [0.1, 0.15) is 5.82 Å². The molecule has 0 fully saturated rings. The summed E-state index contributed by atoms with van der Waals surface area (Å²) in [5, 5.41) is 17.2. The second-order valence-electron chi connectivity index (χ2n) is 4.06. The lowest BCUT2D eigenvalue weighted by Gasteiger charge is -2.21. The summed E-state index contributed by atoms with van der Waals surface area (Å²) in [5.41, 5.74) is -0.205. The molecule has 2 N–H and O–H groups in total. The molecule has 0 saturated carbocycles. The minimum atomic E-state index is -1.12. The standard InChI is InChI=1S/C13H14FNO5/c14-10-4-2-1-3-9(10)13(20)15(7-5-11(16)17)8-6-12(18)19/h1-4H,5-8H2,(H,16,17)(H,18,19). The molecule has 0 unspecified atom stereocenters. The monoisotopic (exact) mass is 283 g/mol. The van der Waals surface area contributed by atoms with Crippen molar-refractivity contribution in [2.24, 2.45) is 0 Å². The Labute approximate surface area is 114 Å². The van der Waals surface area contributed by atoms with Gasteiger partial charge in [0.05, 0.1) is 18.4 Å². The van der Waals surface area contributed by atoms with E-state index in [1.54, 1.807) is 0 Å². The topological polar surface area (TPSA) is 94.9 Å². The van der Waals surface area contributed by atoms with Crippen LogP contribution in [0.15, 0.2) is 24.3 Å². The van der Waals surface area contributed by atoms with Crippen molar-refractivity contribution in [1.29, 1.82) is 0 Å². The highest BCUT2D eigenvalue weighted by Crippen LogP contribution is 2.11. The van der Waals surface area contributed by atoms with Crippen molar-refractivity contribution in [3.8, 4) is 0 Å². The molecule has 1 rings (SSSR count). The SMILES string of the molecule is O=C(O)CCN(CCC(=O)O)C(=O)c1ccccc1F. The summed E-state index contributed by atoms with van der Waals surface area (Å²) >= 11 is 0. The molecule has 0 atom stereocenters. The Morgan fingerprint density at radius 2 is 1.50 bits per heavy atom. The number of carbonyl (C=O) groups excluding carboxylic acids is 1. The first-order chi connectivity index (χ1) is 9.41. The normalized spacial score (nSPS) is 10.1. The van der Waals surface area contributed by atoms with Crippen LogP contribution in [0, 0.1) is 5.82 Å². The smallest absolute Gasteiger partial charge is 0.305 e. The minimum Gasteiger partial charge on any atom is -0.481 e. The van der Waals surface area contributed by atoms with Crippen molar-refractivity contribution in [2.45, 2.75) is 12.8 Å². The van der Waals surface area contributed by atoms with Crippen LogP contribution in [0.1, 0.15) is 23.2 Å². The second kappa shape index (κ2) is 7.22. The highest BCUT2D eigenvalue weighted by Gasteiger charge is 2.20. The molecule has 0 aliphatic rings. The van der Waals surface area contributed by atoms with E-state index in [2.05, 4.69) is 0 Å². The number of hydrogen-bond donors (Lipinski definition) is 2. The number of carboxylic acid groups (broad SMARTS) is 2. The quantitative estimate of drug-likeness (QED) is 0.784.